The predicted octanol–water partition coefficient (Wildman–Crippen LogP) is 3.92. The Kier molecular flexibility index (Phi) is 4.49. The highest BCUT2D eigenvalue weighted by Gasteiger charge is 2.12. The molecule has 1 amide bonds. The van der Waals surface area contributed by atoms with Gasteiger partial charge in [-0.3, -0.25) is 4.79 Å². The average molecular weight is 325 g/mol. The third kappa shape index (κ3) is 3.17. The minimum absolute atomic E-state index is 0.0196. The molecule has 1 atom stereocenters. The normalized spacial score (nSPS) is 12.1. The molecule has 2 rings (SSSR count). The molecule has 1 unspecified atom stereocenters. The van der Waals surface area contributed by atoms with E-state index in [0.717, 1.165) is 22.7 Å². The van der Waals surface area contributed by atoms with Crippen LogP contribution in [0.25, 0.3) is 10.6 Å². The minimum Gasteiger partial charge on any atom is -0.325 e. The first-order valence-electron chi connectivity index (χ1n) is 5.65. The maximum Gasteiger partial charge on any atom is 0.238 e. The Morgan fingerprint density at radius 1 is 1.56 bits per heavy atom. The van der Waals surface area contributed by atoms with Gasteiger partial charge in [0.25, 0.3) is 0 Å². The summed E-state index contributed by atoms with van der Waals surface area (Å²) in [5.74, 6) is -0.0196. The molecule has 94 valence electrons. The van der Waals surface area contributed by atoms with E-state index in [1.54, 1.807) is 17.5 Å². The molecule has 0 fully saturated rings. The highest BCUT2D eigenvalue weighted by molar-refractivity contribution is 9.10. The lowest BCUT2D eigenvalue weighted by molar-refractivity contribution is -0.115. The Hall–Kier alpha value is -1.20. The molecule has 1 heterocycles. The topological polar surface area (TPSA) is 42.0 Å². The summed E-state index contributed by atoms with van der Waals surface area (Å²) in [4.78, 5) is 15.9. The molecular formula is C13H13BrN2OS. The SMILES string of the molecule is CCC(Br)C(=O)Nc1cccc(-c2nccs2)c1. The summed E-state index contributed by atoms with van der Waals surface area (Å²) in [6.45, 7) is 1.96. The van der Waals surface area contributed by atoms with Gasteiger partial charge in [-0.15, -0.1) is 11.3 Å². The molecule has 0 saturated heterocycles. The number of alkyl halides is 1. The van der Waals surface area contributed by atoms with Crippen LogP contribution in [0.15, 0.2) is 35.8 Å². The van der Waals surface area contributed by atoms with Crippen LogP contribution in [0.2, 0.25) is 0 Å². The number of carbonyl (C=O) groups is 1. The quantitative estimate of drug-likeness (QED) is 0.866. The molecule has 0 aliphatic heterocycles. The van der Waals surface area contributed by atoms with E-state index in [9.17, 15) is 4.79 Å². The second-order valence-electron chi connectivity index (χ2n) is 3.78. The molecule has 0 aliphatic rings. The molecule has 5 heteroatoms. The van der Waals surface area contributed by atoms with Crippen LogP contribution >= 0.6 is 27.3 Å². The Labute approximate surface area is 118 Å². The molecule has 18 heavy (non-hydrogen) atoms. The van der Waals surface area contributed by atoms with Gasteiger partial charge in [-0.05, 0) is 18.6 Å². The average Bonchev–Trinajstić information content (AvgIpc) is 2.92. The number of hydrogen-bond donors (Lipinski definition) is 1. The number of amides is 1. The summed E-state index contributed by atoms with van der Waals surface area (Å²) < 4.78 is 0. The summed E-state index contributed by atoms with van der Waals surface area (Å²) >= 11 is 4.92. The maximum atomic E-state index is 11.8. The Morgan fingerprint density at radius 2 is 2.39 bits per heavy atom. The zero-order valence-electron chi connectivity index (χ0n) is 9.89. The molecule has 0 saturated carbocycles. The predicted molar refractivity (Wildman–Crippen MR) is 79.2 cm³/mol. The van der Waals surface area contributed by atoms with Crippen molar-refractivity contribution in [1.29, 1.82) is 0 Å². The molecular weight excluding hydrogens is 312 g/mol. The van der Waals surface area contributed by atoms with Gasteiger partial charge in [0.2, 0.25) is 5.91 Å². The smallest absolute Gasteiger partial charge is 0.238 e. The number of nitrogens with zero attached hydrogens (tertiary/aromatic N) is 1. The number of rotatable bonds is 4. The van der Waals surface area contributed by atoms with Gasteiger partial charge in [-0.1, -0.05) is 35.0 Å². The molecule has 1 aromatic heterocycles. The van der Waals surface area contributed by atoms with Gasteiger partial charge in [0, 0.05) is 22.8 Å². The lowest BCUT2D eigenvalue weighted by Gasteiger charge is -2.09. The number of halogens is 1. The van der Waals surface area contributed by atoms with Gasteiger partial charge >= 0.3 is 0 Å². The van der Waals surface area contributed by atoms with Gasteiger partial charge < -0.3 is 5.32 Å². The summed E-state index contributed by atoms with van der Waals surface area (Å²) in [5, 5.41) is 5.78. The van der Waals surface area contributed by atoms with Crippen molar-refractivity contribution in [3.8, 4) is 10.6 Å². The van der Waals surface area contributed by atoms with Gasteiger partial charge in [0.05, 0.1) is 4.83 Å². The van der Waals surface area contributed by atoms with Crippen molar-refractivity contribution in [2.45, 2.75) is 18.2 Å². The van der Waals surface area contributed by atoms with Crippen LogP contribution in [0, 0.1) is 0 Å². The fourth-order valence-corrected chi connectivity index (χ4v) is 2.25. The lowest BCUT2D eigenvalue weighted by Crippen LogP contribution is -2.21. The minimum atomic E-state index is -0.152. The van der Waals surface area contributed by atoms with Crippen molar-refractivity contribution in [3.63, 3.8) is 0 Å². The molecule has 1 aromatic carbocycles. The molecule has 0 radical (unpaired) electrons. The summed E-state index contributed by atoms with van der Waals surface area (Å²) in [6, 6.07) is 7.72. The monoisotopic (exact) mass is 324 g/mol. The lowest BCUT2D eigenvalue weighted by atomic mass is 10.2. The third-order valence-corrected chi connectivity index (χ3v) is 4.34. The largest absolute Gasteiger partial charge is 0.325 e. The van der Waals surface area contributed by atoms with E-state index in [2.05, 4.69) is 26.2 Å². The molecule has 2 aromatic rings. The van der Waals surface area contributed by atoms with Gasteiger partial charge in [-0.25, -0.2) is 4.98 Å². The molecule has 3 nitrogen and oxygen atoms in total. The maximum absolute atomic E-state index is 11.8. The Balaban J connectivity index is 2.16. The molecule has 0 spiro atoms. The van der Waals surface area contributed by atoms with Crippen LogP contribution in [-0.2, 0) is 4.79 Å². The van der Waals surface area contributed by atoms with E-state index in [1.807, 2.05) is 36.6 Å². The van der Waals surface area contributed by atoms with Crippen LogP contribution in [0.5, 0.6) is 0 Å². The van der Waals surface area contributed by atoms with Crippen LogP contribution < -0.4 is 5.32 Å². The number of nitrogens with one attached hydrogen (secondary N) is 1. The van der Waals surface area contributed by atoms with Crippen LogP contribution in [0.1, 0.15) is 13.3 Å². The van der Waals surface area contributed by atoms with Gasteiger partial charge in [0.15, 0.2) is 0 Å². The van der Waals surface area contributed by atoms with Crippen molar-refractivity contribution in [2.24, 2.45) is 0 Å². The zero-order valence-corrected chi connectivity index (χ0v) is 12.3. The van der Waals surface area contributed by atoms with E-state index in [1.165, 1.54) is 0 Å². The summed E-state index contributed by atoms with van der Waals surface area (Å²) in [5.41, 5.74) is 1.82. The highest BCUT2D eigenvalue weighted by atomic mass is 79.9. The number of benzene rings is 1. The van der Waals surface area contributed by atoms with E-state index >= 15 is 0 Å². The second kappa shape index (κ2) is 6.11. The molecule has 1 N–H and O–H groups in total. The van der Waals surface area contributed by atoms with E-state index in [0.29, 0.717) is 0 Å². The van der Waals surface area contributed by atoms with Crippen molar-refractivity contribution in [1.82, 2.24) is 4.98 Å². The second-order valence-corrected chi connectivity index (χ2v) is 5.78. The first-order valence-corrected chi connectivity index (χ1v) is 7.45. The molecule has 0 bridgehead atoms. The van der Waals surface area contributed by atoms with Crippen molar-refractivity contribution in [3.05, 3.63) is 35.8 Å². The van der Waals surface area contributed by atoms with Crippen molar-refractivity contribution < 1.29 is 4.79 Å². The van der Waals surface area contributed by atoms with Crippen molar-refractivity contribution in [2.75, 3.05) is 5.32 Å². The summed E-state index contributed by atoms with van der Waals surface area (Å²) in [6.07, 6.45) is 2.54. The highest BCUT2D eigenvalue weighted by Crippen LogP contribution is 2.24. The number of anilines is 1. The fourth-order valence-electron chi connectivity index (χ4n) is 1.50. The summed E-state index contributed by atoms with van der Waals surface area (Å²) in [7, 11) is 0. The Bertz CT molecular complexity index is 528. The van der Waals surface area contributed by atoms with Crippen LogP contribution in [0.4, 0.5) is 5.69 Å². The molecule has 0 aliphatic carbocycles. The number of thiazole rings is 1. The number of hydrogen-bond acceptors (Lipinski definition) is 3. The van der Waals surface area contributed by atoms with Crippen LogP contribution in [0.3, 0.4) is 0 Å². The first-order chi connectivity index (χ1) is 8.70. The van der Waals surface area contributed by atoms with Crippen molar-refractivity contribution >= 4 is 38.9 Å². The van der Waals surface area contributed by atoms with Crippen LogP contribution in [-0.4, -0.2) is 15.7 Å². The van der Waals surface area contributed by atoms with E-state index in [4.69, 9.17) is 0 Å². The standard InChI is InChI=1S/C13H13BrN2OS/c1-2-11(14)12(17)16-10-5-3-4-9(8-10)13-15-6-7-18-13/h3-8,11H,2H2,1H3,(H,16,17). The van der Waals surface area contributed by atoms with E-state index < -0.39 is 0 Å². The Morgan fingerprint density at radius 3 is 3.06 bits per heavy atom. The fraction of sp³-hybridized carbons (Fsp3) is 0.231. The number of aromatic nitrogens is 1. The zero-order chi connectivity index (χ0) is 13.0. The van der Waals surface area contributed by atoms with Gasteiger partial charge in [-0.2, -0.15) is 0 Å². The third-order valence-electron chi connectivity index (χ3n) is 2.45. The van der Waals surface area contributed by atoms with Gasteiger partial charge in [0.1, 0.15) is 5.01 Å². The number of carbonyl (C=O) groups excluding carboxylic acids is 1. The first kappa shape index (κ1) is 13.2. The van der Waals surface area contributed by atoms with E-state index in [-0.39, 0.29) is 10.7 Å².